The number of esters is 1. The molecule has 0 bridgehead atoms. The van der Waals surface area contributed by atoms with Crippen LogP contribution < -0.4 is 4.74 Å². The number of aryl methyl sites for hydroxylation is 1. The number of aromatic nitrogens is 2. The lowest BCUT2D eigenvalue weighted by atomic mass is 10.0. The van der Waals surface area contributed by atoms with Gasteiger partial charge in [-0.3, -0.25) is 0 Å². The van der Waals surface area contributed by atoms with E-state index >= 15 is 0 Å². The highest BCUT2D eigenvalue weighted by Crippen LogP contribution is 2.28. The SMILES string of the molecule is COC(=O)/C=C/c1cc(OC)ccc1-c1cn2ccc(C)cc2n1. The third kappa shape index (κ3) is 3.15. The summed E-state index contributed by atoms with van der Waals surface area (Å²) < 4.78 is 11.9. The first-order valence-electron chi connectivity index (χ1n) is 7.50. The molecule has 3 aromatic rings. The molecule has 0 saturated heterocycles. The molecule has 0 amide bonds. The van der Waals surface area contributed by atoms with Crippen molar-refractivity contribution < 1.29 is 14.3 Å². The van der Waals surface area contributed by atoms with Crippen molar-refractivity contribution >= 4 is 17.7 Å². The van der Waals surface area contributed by atoms with Gasteiger partial charge >= 0.3 is 5.97 Å². The van der Waals surface area contributed by atoms with Gasteiger partial charge in [0, 0.05) is 24.0 Å². The zero-order valence-electron chi connectivity index (χ0n) is 13.8. The summed E-state index contributed by atoms with van der Waals surface area (Å²) in [4.78, 5) is 16.1. The van der Waals surface area contributed by atoms with Crippen LogP contribution in [-0.4, -0.2) is 29.6 Å². The monoisotopic (exact) mass is 322 g/mol. The van der Waals surface area contributed by atoms with Crippen LogP contribution in [0.3, 0.4) is 0 Å². The number of hydrogen-bond donors (Lipinski definition) is 0. The van der Waals surface area contributed by atoms with E-state index < -0.39 is 5.97 Å². The molecule has 0 atom stereocenters. The Morgan fingerprint density at radius 1 is 1.21 bits per heavy atom. The second kappa shape index (κ2) is 6.58. The van der Waals surface area contributed by atoms with Crippen LogP contribution in [0.1, 0.15) is 11.1 Å². The zero-order chi connectivity index (χ0) is 17.1. The maximum atomic E-state index is 11.4. The summed E-state index contributed by atoms with van der Waals surface area (Å²) in [5, 5.41) is 0. The van der Waals surface area contributed by atoms with Crippen LogP contribution in [0.2, 0.25) is 0 Å². The molecule has 0 radical (unpaired) electrons. The summed E-state index contributed by atoms with van der Waals surface area (Å²) in [7, 11) is 2.96. The van der Waals surface area contributed by atoms with Crippen LogP contribution in [0.25, 0.3) is 23.0 Å². The molecule has 0 aliphatic rings. The van der Waals surface area contributed by atoms with Crippen molar-refractivity contribution in [2.45, 2.75) is 6.92 Å². The van der Waals surface area contributed by atoms with E-state index in [1.54, 1.807) is 13.2 Å². The number of pyridine rings is 1. The van der Waals surface area contributed by atoms with Gasteiger partial charge in [-0.15, -0.1) is 0 Å². The molecule has 1 aromatic carbocycles. The molecule has 0 saturated carbocycles. The molecule has 0 aliphatic heterocycles. The number of imidazole rings is 1. The van der Waals surface area contributed by atoms with E-state index in [0.717, 1.165) is 28.0 Å². The molecule has 24 heavy (non-hydrogen) atoms. The van der Waals surface area contributed by atoms with Crippen LogP contribution in [0.5, 0.6) is 5.75 Å². The summed E-state index contributed by atoms with van der Waals surface area (Å²) in [5.41, 5.74) is 4.61. The van der Waals surface area contributed by atoms with Gasteiger partial charge in [-0.1, -0.05) is 0 Å². The number of methoxy groups -OCH3 is 2. The molecule has 0 N–H and O–H groups in total. The Kier molecular flexibility index (Phi) is 4.33. The molecule has 2 heterocycles. The minimum absolute atomic E-state index is 0.408. The van der Waals surface area contributed by atoms with Gasteiger partial charge in [0.2, 0.25) is 0 Å². The number of rotatable bonds is 4. The molecule has 0 fully saturated rings. The van der Waals surface area contributed by atoms with Gasteiger partial charge in [0.1, 0.15) is 11.4 Å². The van der Waals surface area contributed by atoms with Crippen molar-refractivity contribution in [1.29, 1.82) is 0 Å². The lowest BCUT2D eigenvalue weighted by Crippen LogP contribution is -1.94. The van der Waals surface area contributed by atoms with Crippen LogP contribution in [0.4, 0.5) is 0 Å². The van der Waals surface area contributed by atoms with Gasteiger partial charge < -0.3 is 13.9 Å². The number of carbonyl (C=O) groups is 1. The molecule has 0 spiro atoms. The summed E-state index contributed by atoms with van der Waals surface area (Å²) >= 11 is 0. The molecular weight excluding hydrogens is 304 g/mol. The van der Waals surface area contributed by atoms with Crippen LogP contribution in [0, 0.1) is 6.92 Å². The fraction of sp³-hybridized carbons (Fsp3) is 0.158. The Hall–Kier alpha value is -3.08. The molecule has 0 unspecified atom stereocenters. The Labute approximate surface area is 140 Å². The second-order valence-corrected chi connectivity index (χ2v) is 5.41. The number of carbonyl (C=O) groups excluding carboxylic acids is 1. The van der Waals surface area contributed by atoms with E-state index in [0.29, 0.717) is 5.75 Å². The Morgan fingerprint density at radius 3 is 2.79 bits per heavy atom. The lowest BCUT2D eigenvalue weighted by molar-refractivity contribution is -0.134. The van der Waals surface area contributed by atoms with Gasteiger partial charge in [-0.2, -0.15) is 0 Å². The van der Waals surface area contributed by atoms with Gasteiger partial charge in [-0.05, 0) is 54.5 Å². The van der Waals surface area contributed by atoms with Crippen molar-refractivity contribution in [3.63, 3.8) is 0 Å². The molecule has 2 aromatic heterocycles. The fourth-order valence-electron chi connectivity index (χ4n) is 2.48. The highest BCUT2D eigenvalue weighted by Gasteiger charge is 2.10. The molecule has 5 heteroatoms. The summed E-state index contributed by atoms with van der Waals surface area (Å²) in [5.74, 6) is 0.303. The maximum absolute atomic E-state index is 11.4. The Bertz CT molecular complexity index is 926. The minimum atomic E-state index is -0.408. The molecule has 3 rings (SSSR count). The van der Waals surface area contributed by atoms with E-state index in [-0.39, 0.29) is 0 Å². The van der Waals surface area contributed by atoms with Gasteiger partial charge in [0.15, 0.2) is 0 Å². The predicted molar refractivity (Wildman–Crippen MR) is 93.0 cm³/mol. The quantitative estimate of drug-likeness (QED) is 0.545. The van der Waals surface area contributed by atoms with Crippen LogP contribution in [0.15, 0.2) is 48.8 Å². The lowest BCUT2D eigenvalue weighted by Gasteiger charge is -2.06. The standard InChI is InChI=1S/C19H18N2O3/c1-13-8-9-21-12-17(20-18(21)10-13)16-6-5-15(23-2)11-14(16)4-7-19(22)24-3/h4-12H,1-3H3/b7-4+. The Morgan fingerprint density at radius 2 is 2.04 bits per heavy atom. The first-order chi connectivity index (χ1) is 11.6. The summed E-state index contributed by atoms with van der Waals surface area (Å²) in [6.45, 7) is 2.03. The molecular formula is C19H18N2O3. The van der Waals surface area contributed by atoms with Crippen molar-refractivity contribution in [2.75, 3.05) is 14.2 Å². The molecule has 5 nitrogen and oxygen atoms in total. The zero-order valence-corrected chi connectivity index (χ0v) is 13.8. The van der Waals surface area contributed by atoms with Gasteiger partial charge in [0.25, 0.3) is 0 Å². The highest BCUT2D eigenvalue weighted by molar-refractivity contribution is 5.89. The third-order valence-electron chi connectivity index (χ3n) is 3.75. The normalized spacial score (nSPS) is 11.1. The van der Waals surface area contributed by atoms with Crippen LogP contribution >= 0.6 is 0 Å². The van der Waals surface area contributed by atoms with Crippen molar-refractivity contribution in [3.05, 3.63) is 59.9 Å². The summed E-state index contributed by atoms with van der Waals surface area (Å²) in [6.07, 6.45) is 7.04. The van der Waals surface area contributed by atoms with Gasteiger partial charge in [-0.25, -0.2) is 9.78 Å². The smallest absolute Gasteiger partial charge is 0.330 e. The number of ether oxygens (including phenoxy) is 2. The fourth-order valence-corrected chi connectivity index (χ4v) is 2.48. The van der Waals surface area contributed by atoms with E-state index in [9.17, 15) is 4.79 Å². The van der Waals surface area contributed by atoms with Crippen molar-refractivity contribution in [3.8, 4) is 17.0 Å². The van der Waals surface area contributed by atoms with E-state index in [2.05, 4.69) is 9.72 Å². The first kappa shape index (κ1) is 15.8. The van der Waals surface area contributed by atoms with E-state index in [1.165, 1.54) is 13.2 Å². The number of fused-ring (bicyclic) bond motifs is 1. The predicted octanol–water partition coefficient (Wildman–Crippen LogP) is 3.50. The van der Waals surface area contributed by atoms with Crippen LogP contribution in [-0.2, 0) is 9.53 Å². The average Bonchev–Trinajstić information content (AvgIpc) is 3.02. The van der Waals surface area contributed by atoms with E-state index in [4.69, 9.17) is 4.74 Å². The Balaban J connectivity index is 2.10. The molecule has 0 aliphatic carbocycles. The first-order valence-corrected chi connectivity index (χ1v) is 7.50. The highest BCUT2D eigenvalue weighted by atomic mass is 16.5. The van der Waals surface area contributed by atoms with Crippen molar-refractivity contribution in [1.82, 2.24) is 9.38 Å². The number of benzene rings is 1. The minimum Gasteiger partial charge on any atom is -0.497 e. The van der Waals surface area contributed by atoms with Crippen molar-refractivity contribution in [2.24, 2.45) is 0 Å². The second-order valence-electron chi connectivity index (χ2n) is 5.41. The largest absolute Gasteiger partial charge is 0.497 e. The summed E-state index contributed by atoms with van der Waals surface area (Å²) in [6, 6.07) is 9.73. The average molecular weight is 322 g/mol. The van der Waals surface area contributed by atoms with E-state index in [1.807, 2.05) is 54.0 Å². The molecule has 122 valence electrons. The topological polar surface area (TPSA) is 52.8 Å². The van der Waals surface area contributed by atoms with Gasteiger partial charge in [0.05, 0.1) is 19.9 Å². The third-order valence-corrected chi connectivity index (χ3v) is 3.75. The maximum Gasteiger partial charge on any atom is 0.330 e. The number of nitrogens with zero attached hydrogens (tertiary/aromatic N) is 2. The number of hydrogen-bond acceptors (Lipinski definition) is 4.